The first-order valence-corrected chi connectivity index (χ1v) is 8.17. The molecule has 2 bridgehead atoms. The van der Waals surface area contributed by atoms with Crippen LogP contribution in [0.3, 0.4) is 0 Å². The van der Waals surface area contributed by atoms with Gasteiger partial charge in [-0.2, -0.15) is 0 Å². The molecule has 1 aromatic carbocycles. The molecule has 4 nitrogen and oxygen atoms in total. The van der Waals surface area contributed by atoms with Crippen LogP contribution in [0.2, 0.25) is 0 Å². The van der Waals surface area contributed by atoms with Gasteiger partial charge in [-0.15, -0.1) is 0 Å². The van der Waals surface area contributed by atoms with Gasteiger partial charge in [-0.25, -0.2) is 0 Å². The van der Waals surface area contributed by atoms with Crippen LogP contribution in [0.25, 0.3) is 0 Å². The van der Waals surface area contributed by atoms with Crippen molar-refractivity contribution in [1.82, 2.24) is 4.90 Å². The number of hydrogen-bond acceptors (Lipinski definition) is 3. The van der Waals surface area contributed by atoms with Gasteiger partial charge in [0.25, 0.3) is 5.91 Å². The zero-order valence-corrected chi connectivity index (χ0v) is 13.5. The van der Waals surface area contributed by atoms with Crippen molar-refractivity contribution in [3.05, 3.63) is 53.5 Å². The summed E-state index contributed by atoms with van der Waals surface area (Å²) in [4.78, 5) is 14.7. The Morgan fingerprint density at radius 1 is 1.39 bits per heavy atom. The van der Waals surface area contributed by atoms with Gasteiger partial charge in [0.15, 0.2) is 5.76 Å². The number of likely N-dealkylation sites (tertiary alicyclic amines) is 1. The lowest BCUT2D eigenvalue weighted by molar-refractivity contribution is 0.0225. The summed E-state index contributed by atoms with van der Waals surface area (Å²) >= 11 is 0. The van der Waals surface area contributed by atoms with Gasteiger partial charge >= 0.3 is 0 Å². The first-order valence-electron chi connectivity index (χ1n) is 8.17. The maximum atomic E-state index is 12.8. The Morgan fingerprint density at radius 2 is 2.22 bits per heavy atom. The third-order valence-electron chi connectivity index (χ3n) is 5.99. The topological polar surface area (TPSA) is 53.7 Å². The Morgan fingerprint density at radius 3 is 2.96 bits per heavy atom. The molecule has 1 unspecified atom stereocenters. The van der Waals surface area contributed by atoms with E-state index in [9.17, 15) is 9.90 Å². The summed E-state index contributed by atoms with van der Waals surface area (Å²) in [5.74, 6) is 1.06. The zero-order valence-electron chi connectivity index (χ0n) is 13.5. The van der Waals surface area contributed by atoms with Crippen LogP contribution < -0.4 is 0 Å². The van der Waals surface area contributed by atoms with Crippen molar-refractivity contribution < 1.29 is 14.3 Å². The lowest BCUT2D eigenvalue weighted by Crippen LogP contribution is -2.59. The third-order valence-corrected chi connectivity index (χ3v) is 5.99. The number of carbonyl (C=O) groups excluding carboxylic acids is 1. The second-order valence-corrected chi connectivity index (χ2v) is 7.04. The first-order chi connectivity index (χ1) is 11.0. The van der Waals surface area contributed by atoms with E-state index in [0.29, 0.717) is 17.4 Å². The average molecular weight is 311 g/mol. The Labute approximate surface area is 135 Å². The molecule has 3 atom stereocenters. The van der Waals surface area contributed by atoms with Crippen molar-refractivity contribution in [2.45, 2.75) is 38.1 Å². The number of furan rings is 1. The van der Waals surface area contributed by atoms with Gasteiger partial charge in [-0.05, 0) is 59.6 Å². The van der Waals surface area contributed by atoms with Gasteiger partial charge < -0.3 is 14.4 Å². The number of piperidine rings is 1. The Balaban J connectivity index is 1.74. The first kappa shape index (κ1) is 14.4. The van der Waals surface area contributed by atoms with Crippen LogP contribution in [0.5, 0.6) is 5.75 Å². The number of nitrogens with zero attached hydrogens (tertiary/aromatic N) is 1. The summed E-state index contributed by atoms with van der Waals surface area (Å²) < 4.78 is 5.31. The molecule has 1 fully saturated rings. The van der Waals surface area contributed by atoms with Crippen molar-refractivity contribution in [3.63, 3.8) is 0 Å². The summed E-state index contributed by atoms with van der Waals surface area (Å²) in [7, 11) is 0. The van der Waals surface area contributed by atoms with Gasteiger partial charge in [0, 0.05) is 12.6 Å². The number of hydrogen-bond donors (Lipinski definition) is 1. The number of fused-ring (bicyclic) bond motifs is 4. The van der Waals surface area contributed by atoms with E-state index in [1.165, 1.54) is 11.1 Å². The predicted octanol–water partition coefficient (Wildman–Crippen LogP) is 3.35. The van der Waals surface area contributed by atoms with Crippen LogP contribution in [-0.4, -0.2) is 28.5 Å². The van der Waals surface area contributed by atoms with Gasteiger partial charge in [0.1, 0.15) is 5.75 Å². The van der Waals surface area contributed by atoms with Gasteiger partial charge in [-0.3, -0.25) is 4.79 Å². The third kappa shape index (κ3) is 2.01. The van der Waals surface area contributed by atoms with Crippen molar-refractivity contribution in [1.29, 1.82) is 0 Å². The van der Waals surface area contributed by atoms with E-state index in [1.54, 1.807) is 24.5 Å². The molecule has 4 rings (SSSR count). The van der Waals surface area contributed by atoms with Crippen LogP contribution in [-0.2, 0) is 11.8 Å². The fourth-order valence-corrected chi connectivity index (χ4v) is 4.40. The largest absolute Gasteiger partial charge is 0.508 e. The molecule has 1 N–H and O–H groups in total. The average Bonchev–Trinajstić information content (AvgIpc) is 3.06. The van der Waals surface area contributed by atoms with Gasteiger partial charge in [-0.1, -0.05) is 19.9 Å². The van der Waals surface area contributed by atoms with Crippen molar-refractivity contribution in [3.8, 4) is 5.75 Å². The Bertz CT molecular complexity index is 752. The maximum Gasteiger partial charge on any atom is 0.289 e. The molecule has 0 radical (unpaired) electrons. The molecule has 120 valence electrons. The lowest BCUT2D eigenvalue weighted by atomic mass is 9.59. The molecule has 0 saturated carbocycles. The van der Waals surface area contributed by atoms with Crippen LogP contribution in [0.1, 0.15) is 41.9 Å². The summed E-state index contributed by atoms with van der Waals surface area (Å²) in [5, 5.41) is 9.87. The molecule has 1 amide bonds. The molecule has 2 aromatic rings. The molecule has 2 heterocycles. The monoisotopic (exact) mass is 311 g/mol. The number of carbonyl (C=O) groups is 1. The van der Waals surface area contributed by atoms with Crippen LogP contribution in [0.15, 0.2) is 41.0 Å². The fourth-order valence-electron chi connectivity index (χ4n) is 4.40. The van der Waals surface area contributed by atoms with E-state index >= 15 is 0 Å². The quantitative estimate of drug-likeness (QED) is 0.878. The number of phenols is 1. The van der Waals surface area contributed by atoms with Crippen molar-refractivity contribution >= 4 is 5.91 Å². The highest BCUT2D eigenvalue weighted by Gasteiger charge is 2.50. The van der Waals surface area contributed by atoms with E-state index in [2.05, 4.69) is 13.8 Å². The molecule has 2 aliphatic rings. The highest BCUT2D eigenvalue weighted by molar-refractivity contribution is 5.92. The molecule has 4 heteroatoms. The van der Waals surface area contributed by atoms with Crippen LogP contribution >= 0.6 is 0 Å². The minimum absolute atomic E-state index is 0.00304. The number of benzene rings is 1. The predicted molar refractivity (Wildman–Crippen MR) is 86.5 cm³/mol. The Kier molecular flexibility index (Phi) is 3.05. The zero-order chi connectivity index (χ0) is 16.2. The summed E-state index contributed by atoms with van der Waals surface area (Å²) in [6.07, 6.45) is 3.27. The molecule has 0 spiro atoms. The second-order valence-electron chi connectivity index (χ2n) is 7.04. The van der Waals surface area contributed by atoms with E-state index in [4.69, 9.17) is 4.42 Å². The normalized spacial score (nSPS) is 29.2. The molecular weight excluding hydrogens is 290 g/mol. The number of amides is 1. The summed E-state index contributed by atoms with van der Waals surface area (Å²) in [6, 6.07) is 9.31. The van der Waals surface area contributed by atoms with Crippen molar-refractivity contribution in [2.75, 3.05) is 6.54 Å². The van der Waals surface area contributed by atoms with E-state index < -0.39 is 0 Å². The molecule has 23 heavy (non-hydrogen) atoms. The molecule has 1 aliphatic carbocycles. The highest BCUT2D eigenvalue weighted by Crippen LogP contribution is 2.49. The highest BCUT2D eigenvalue weighted by atomic mass is 16.3. The lowest BCUT2D eigenvalue weighted by Gasteiger charge is -2.54. The van der Waals surface area contributed by atoms with E-state index in [0.717, 1.165) is 19.4 Å². The van der Waals surface area contributed by atoms with E-state index in [-0.39, 0.29) is 17.4 Å². The smallest absolute Gasteiger partial charge is 0.289 e. The minimum Gasteiger partial charge on any atom is -0.508 e. The molecule has 1 aliphatic heterocycles. The standard InChI is InChI=1S/C19H21NO3/c1-12-16-10-13-5-6-14(21)11-15(13)19(12,2)7-8-20(16)18(22)17-4-3-9-23-17/h3-6,9,11-12,16,21H,7-8,10H2,1-2H3/t12?,16-,19-/m1/s1. The fraction of sp³-hybridized carbons (Fsp3) is 0.421. The minimum atomic E-state index is -0.0175. The number of phenolic OH excluding ortho intramolecular Hbond substituents is 1. The summed E-state index contributed by atoms with van der Waals surface area (Å²) in [6.45, 7) is 5.20. The van der Waals surface area contributed by atoms with Gasteiger partial charge in [0.2, 0.25) is 0 Å². The van der Waals surface area contributed by atoms with Gasteiger partial charge in [0.05, 0.1) is 6.26 Å². The van der Waals surface area contributed by atoms with E-state index in [1.807, 2.05) is 17.0 Å². The SMILES string of the molecule is CC1[C@H]2Cc3ccc(O)cc3[C@]1(C)CCN2C(=O)c1ccco1. The molecule has 1 saturated heterocycles. The number of aromatic hydroxyl groups is 1. The second kappa shape index (κ2) is 4.88. The van der Waals surface area contributed by atoms with Crippen molar-refractivity contribution in [2.24, 2.45) is 5.92 Å². The Hall–Kier alpha value is -2.23. The molecule has 1 aromatic heterocycles. The molecular formula is C19H21NO3. The van der Waals surface area contributed by atoms with Crippen LogP contribution in [0, 0.1) is 5.92 Å². The maximum absolute atomic E-state index is 12.8. The summed E-state index contributed by atoms with van der Waals surface area (Å²) in [5.41, 5.74) is 2.48. The number of rotatable bonds is 1. The van der Waals surface area contributed by atoms with Crippen LogP contribution in [0.4, 0.5) is 0 Å².